The van der Waals surface area contributed by atoms with E-state index in [1.54, 1.807) is 0 Å². The summed E-state index contributed by atoms with van der Waals surface area (Å²) in [4.78, 5) is 23.5. The van der Waals surface area contributed by atoms with Crippen LogP contribution in [0, 0.1) is 6.92 Å². The number of esters is 1. The van der Waals surface area contributed by atoms with Gasteiger partial charge in [-0.2, -0.15) is 11.3 Å². The lowest BCUT2D eigenvalue weighted by molar-refractivity contribution is -0.146. The van der Waals surface area contributed by atoms with Crippen LogP contribution in [0.2, 0.25) is 0 Å². The van der Waals surface area contributed by atoms with Gasteiger partial charge in [0.15, 0.2) is 6.61 Å². The molecule has 1 aromatic heterocycles. The van der Waals surface area contributed by atoms with E-state index in [9.17, 15) is 9.59 Å². The van der Waals surface area contributed by atoms with E-state index in [-0.39, 0.29) is 18.9 Å². The van der Waals surface area contributed by atoms with Gasteiger partial charge >= 0.3 is 5.97 Å². The second kappa shape index (κ2) is 7.89. The normalized spacial score (nSPS) is 10.3. The van der Waals surface area contributed by atoms with Crippen molar-refractivity contribution in [2.75, 3.05) is 11.9 Å². The molecule has 1 N–H and O–H groups in total. The predicted molar refractivity (Wildman–Crippen MR) is 94.2 cm³/mol. The zero-order valence-corrected chi connectivity index (χ0v) is 15.7. The van der Waals surface area contributed by atoms with Crippen molar-refractivity contribution in [3.05, 3.63) is 49.0 Å². The lowest BCUT2D eigenvalue weighted by Gasteiger charge is -2.11. The highest BCUT2D eigenvalue weighted by Gasteiger charge is 2.12. The van der Waals surface area contributed by atoms with E-state index >= 15 is 0 Å². The maximum Gasteiger partial charge on any atom is 0.310 e. The third-order valence-electron chi connectivity index (χ3n) is 2.74. The molecule has 0 aliphatic heterocycles. The second-order valence-corrected chi connectivity index (χ2v) is 7.11. The van der Waals surface area contributed by atoms with Crippen LogP contribution in [-0.4, -0.2) is 18.5 Å². The highest BCUT2D eigenvalue weighted by atomic mass is 79.9. The lowest BCUT2D eigenvalue weighted by Crippen LogP contribution is -2.22. The van der Waals surface area contributed by atoms with Gasteiger partial charge in [0.05, 0.1) is 12.1 Å². The van der Waals surface area contributed by atoms with Crippen LogP contribution in [0.4, 0.5) is 5.69 Å². The van der Waals surface area contributed by atoms with Crippen molar-refractivity contribution in [2.24, 2.45) is 0 Å². The fourth-order valence-corrected chi connectivity index (χ4v) is 4.03. The van der Waals surface area contributed by atoms with Gasteiger partial charge in [-0.25, -0.2) is 0 Å². The number of nitrogens with one attached hydrogen (secondary N) is 1. The van der Waals surface area contributed by atoms with Crippen LogP contribution in [0.3, 0.4) is 0 Å². The van der Waals surface area contributed by atoms with E-state index in [0.29, 0.717) is 5.69 Å². The summed E-state index contributed by atoms with van der Waals surface area (Å²) in [7, 11) is 0. The van der Waals surface area contributed by atoms with Crippen molar-refractivity contribution in [2.45, 2.75) is 13.3 Å². The Morgan fingerprint density at radius 3 is 2.55 bits per heavy atom. The number of carbonyl (C=O) groups excluding carboxylic acids is 2. The quantitative estimate of drug-likeness (QED) is 0.696. The Hall–Kier alpha value is -1.18. The molecule has 1 amide bonds. The maximum atomic E-state index is 11.9. The summed E-state index contributed by atoms with van der Waals surface area (Å²) in [5.74, 6) is -0.806. The summed E-state index contributed by atoms with van der Waals surface area (Å²) in [6.45, 7) is 1.64. The Labute approximate surface area is 149 Å². The van der Waals surface area contributed by atoms with Crippen molar-refractivity contribution >= 4 is 60.8 Å². The van der Waals surface area contributed by atoms with Crippen LogP contribution in [0.15, 0.2) is 37.9 Å². The van der Waals surface area contributed by atoms with E-state index in [0.717, 1.165) is 20.1 Å². The van der Waals surface area contributed by atoms with E-state index in [1.807, 2.05) is 35.9 Å². The van der Waals surface area contributed by atoms with Gasteiger partial charge in [0.1, 0.15) is 0 Å². The fourth-order valence-electron chi connectivity index (χ4n) is 1.75. The van der Waals surface area contributed by atoms with E-state index in [1.165, 1.54) is 11.3 Å². The van der Waals surface area contributed by atoms with Gasteiger partial charge < -0.3 is 10.1 Å². The number of carbonyl (C=O) groups is 2. The molecule has 0 radical (unpaired) electrons. The maximum absolute atomic E-state index is 11.9. The van der Waals surface area contributed by atoms with Gasteiger partial charge in [-0.05, 0) is 78.9 Å². The van der Waals surface area contributed by atoms with Crippen LogP contribution in [0.25, 0.3) is 0 Å². The van der Waals surface area contributed by atoms with Crippen molar-refractivity contribution in [3.63, 3.8) is 0 Å². The Morgan fingerprint density at radius 1 is 1.27 bits per heavy atom. The number of rotatable bonds is 5. The number of amides is 1. The van der Waals surface area contributed by atoms with Gasteiger partial charge in [-0.3, -0.25) is 9.59 Å². The number of benzene rings is 1. The number of thiophene rings is 1. The summed E-state index contributed by atoms with van der Waals surface area (Å²) in [5, 5.41) is 6.48. The van der Waals surface area contributed by atoms with Gasteiger partial charge in [0, 0.05) is 8.95 Å². The number of anilines is 1. The molecule has 0 spiro atoms. The highest BCUT2D eigenvalue weighted by molar-refractivity contribution is 9.11. The Balaban J connectivity index is 1.87. The van der Waals surface area contributed by atoms with Crippen LogP contribution in [0.5, 0.6) is 0 Å². The molecule has 2 rings (SSSR count). The average Bonchev–Trinajstić information content (AvgIpc) is 2.93. The molecular formula is C15H13Br2NO3S. The van der Waals surface area contributed by atoms with Crippen LogP contribution in [-0.2, 0) is 20.7 Å². The molecule has 0 aliphatic carbocycles. The second-order valence-electron chi connectivity index (χ2n) is 4.62. The smallest absolute Gasteiger partial charge is 0.310 e. The highest BCUT2D eigenvalue weighted by Crippen LogP contribution is 2.32. The van der Waals surface area contributed by atoms with E-state index in [2.05, 4.69) is 37.2 Å². The number of aryl methyl sites for hydroxylation is 1. The van der Waals surface area contributed by atoms with Crippen molar-refractivity contribution in [1.29, 1.82) is 0 Å². The molecule has 0 atom stereocenters. The molecule has 0 saturated carbocycles. The average molecular weight is 447 g/mol. The van der Waals surface area contributed by atoms with E-state index < -0.39 is 5.97 Å². The minimum Gasteiger partial charge on any atom is -0.455 e. The Morgan fingerprint density at radius 2 is 1.95 bits per heavy atom. The number of halogens is 2. The first kappa shape index (κ1) is 17.2. The van der Waals surface area contributed by atoms with Gasteiger partial charge in [0.25, 0.3) is 5.91 Å². The molecule has 116 valence electrons. The van der Waals surface area contributed by atoms with Crippen molar-refractivity contribution in [3.8, 4) is 0 Å². The fraction of sp³-hybridized carbons (Fsp3) is 0.200. The van der Waals surface area contributed by atoms with Crippen molar-refractivity contribution < 1.29 is 14.3 Å². The van der Waals surface area contributed by atoms with Crippen molar-refractivity contribution in [1.82, 2.24) is 0 Å². The topological polar surface area (TPSA) is 55.4 Å². The molecule has 1 heterocycles. The largest absolute Gasteiger partial charge is 0.455 e. The molecule has 0 fully saturated rings. The predicted octanol–water partition coefficient (Wildman–Crippen LogP) is 4.31. The molecule has 1 aromatic carbocycles. The van der Waals surface area contributed by atoms with Crippen LogP contribution in [0.1, 0.15) is 11.1 Å². The van der Waals surface area contributed by atoms with E-state index in [4.69, 9.17) is 4.74 Å². The third kappa shape index (κ3) is 4.93. The summed E-state index contributed by atoms with van der Waals surface area (Å²) in [6, 6.07) is 5.64. The molecule has 0 saturated heterocycles. The first-order valence-electron chi connectivity index (χ1n) is 6.38. The molecule has 0 bridgehead atoms. The minimum absolute atomic E-state index is 0.175. The SMILES string of the molecule is Cc1cc(Br)c(NC(=O)COC(=O)Cc2ccsc2)c(Br)c1. The minimum atomic E-state index is -0.421. The number of hydrogen-bond acceptors (Lipinski definition) is 4. The van der Waals surface area contributed by atoms with Crippen LogP contribution < -0.4 is 5.32 Å². The summed E-state index contributed by atoms with van der Waals surface area (Å²) in [6.07, 6.45) is 0.175. The lowest BCUT2D eigenvalue weighted by atomic mass is 10.2. The molecule has 7 heteroatoms. The first-order chi connectivity index (χ1) is 10.5. The zero-order valence-electron chi connectivity index (χ0n) is 11.7. The molecule has 4 nitrogen and oxygen atoms in total. The molecule has 0 aliphatic rings. The summed E-state index contributed by atoms with van der Waals surface area (Å²) in [5.41, 5.74) is 2.56. The first-order valence-corrected chi connectivity index (χ1v) is 8.91. The van der Waals surface area contributed by atoms with Gasteiger partial charge in [-0.1, -0.05) is 0 Å². The summed E-state index contributed by atoms with van der Waals surface area (Å²) >= 11 is 8.30. The third-order valence-corrected chi connectivity index (χ3v) is 4.73. The Bertz CT molecular complexity index is 663. The molecule has 22 heavy (non-hydrogen) atoms. The standard InChI is InChI=1S/C15H13Br2NO3S/c1-9-4-11(16)15(12(17)5-9)18-13(19)7-21-14(20)6-10-2-3-22-8-10/h2-5,8H,6-7H2,1H3,(H,18,19). The monoisotopic (exact) mass is 445 g/mol. The van der Waals surface area contributed by atoms with Gasteiger partial charge in [-0.15, -0.1) is 0 Å². The molecule has 0 unspecified atom stereocenters. The van der Waals surface area contributed by atoms with Crippen LogP contribution >= 0.6 is 43.2 Å². The zero-order chi connectivity index (χ0) is 16.1. The summed E-state index contributed by atoms with van der Waals surface area (Å²) < 4.78 is 6.50. The van der Waals surface area contributed by atoms with Gasteiger partial charge in [0.2, 0.25) is 0 Å². The molecule has 2 aromatic rings. The molecular weight excluding hydrogens is 434 g/mol. The number of ether oxygens (including phenoxy) is 1. The number of hydrogen-bond donors (Lipinski definition) is 1. The Kier molecular flexibility index (Phi) is 6.16.